The van der Waals surface area contributed by atoms with E-state index in [9.17, 15) is 0 Å². The molecule has 0 spiro atoms. The van der Waals surface area contributed by atoms with Crippen molar-refractivity contribution in [3.05, 3.63) is 23.9 Å². The lowest BCUT2D eigenvalue weighted by atomic mass is 10.3. The Bertz CT molecular complexity index is 350. The van der Waals surface area contributed by atoms with Gasteiger partial charge in [-0.05, 0) is 32.0 Å². The SMILES string of the molecule is CN(CCN1CCCC1)c1ncccc1CBr. The molecule has 94 valence electrons. The summed E-state index contributed by atoms with van der Waals surface area (Å²) in [7, 11) is 2.13. The fourth-order valence-electron chi connectivity index (χ4n) is 2.28. The number of pyridine rings is 1. The maximum Gasteiger partial charge on any atom is 0.132 e. The third-order valence-electron chi connectivity index (χ3n) is 3.32. The molecule has 0 amide bonds. The van der Waals surface area contributed by atoms with Crippen molar-refractivity contribution in [1.82, 2.24) is 9.88 Å². The van der Waals surface area contributed by atoms with Crippen molar-refractivity contribution < 1.29 is 0 Å². The first-order valence-electron chi connectivity index (χ1n) is 6.24. The van der Waals surface area contributed by atoms with E-state index in [-0.39, 0.29) is 0 Å². The second-order valence-corrected chi connectivity index (χ2v) is 5.15. The maximum absolute atomic E-state index is 4.47. The molecule has 0 aliphatic carbocycles. The highest BCUT2D eigenvalue weighted by atomic mass is 79.9. The molecule has 0 atom stereocenters. The lowest BCUT2D eigenvalue weighted by Crippen LogP contribution is -2.32. The molecule has 0 unspecified atom stereocenters. The molecule has 1 saturated heterocycles. The first kappa shape index (κ1) is 12.8. The first-order valence-corrected chi connectivity index (χ1v) is 7.37. The van der Waals surface area contributed by atoms with E-state index in [1.807, 2.05) is 12.3 Å². The second kappa shape index (κ2) is 6.36. The van der Waals surface area contributed by atoms with E-state index in [0.29, 0.717) is 0 Å². The van der Waals surface area contributed by atoms with E-state index < -0.39 is 0 Å². The number of aromatic nitrogens is 1. The number of hydrogen-bond acceptors (Lipinski definition) is 3. The summed E-state index contributed by atoms with van der Waals surface area (Å²) in [6.45, 7) is 4.73. The molecule has 0 N–H and O–H groups in total. The van der Waals surface area contributed by atoms with Crippen LogP contribution in [0.15, 0.2) is 18.3 Å². The van der Waals surface area contributed by atoms with Crippen LogP contribution in [-0.2, 0) is 5.33 Å². The molecule has 1 aromatic heterocycles. The van der Waals surface area contributed by atoms with Crippen LogP contribution in [0.4, 0.5) is 5.82 Å². The van der Waals surface area contributed by atoms with Gasteiger partial charge in [-0.25, -0.2) is 4.98 Å². The van der Waals surface area contributed by atoms with Crippen LogP contribution in [0.25, 0.3) is 0 Å². The molecule has 0 saturated carbocycles. The number of hydrogen-bond donors (Lipinski definition) is 0. The van der Waals surface area contributed by atoms with Gasteiger partial charge in [-0.1, -0.05) is 22.0 Å². The van der Waals surface area contributed by atoms with E-state index >= 15 is 0 Å². The van der Waals surface area contributed by atoms with Gasteiger partial charge in [0.2, 0.25) is 0 Å². The van der Waals surface area contributed by atoms with Crippen LogP contribution in [0, 0.1) is 0 Å². The first-order chi connectivity index (χ1) is 8.31. The highest BCUT2D eigenvalue weighted by Gasteiger charge is 2.13. The molecular formula is C13H20BrN3. The van der Waals surface area contributed by atoms with Crippen LogP contribution in [0.2, 0.25) is 0 Å². The molecule has 3 nitrogen and oxygen atoms in total. The molecule has 4 heteroatoms. The Hall–Kier alpha value is -0.610. The van der Waals surface area contributed by atoms with Gasteiger partial charge in [-0.3, -0.25) is 0 Å². The number of alkyl halides is 1. The van der Waals surface area contributed by atoms with Gasteiger partial charge in [-0.15, -0.1) is 0 Å². The molecule has 2 rings (SSSR count). The van der Waals surface area contributed by atoms with E-state index in [2.05, 4.69) is 43.8 Å². The average molecular weight is 298 g/mol. The molecule has 0 radical (unpaired) electrons. The number of rotatable bonds is 5. The summed E-state index contributed by atoms with van der Waals surface area (Å²) in [6.07, 6.45) is 4.59. The highest BCUT2D eigenvalue weighted by Crippen LogP contribution is 2.18. The zero-order valence-electron chi connectivity index (χ0n) is 10.4. The van der Waals surface area contributed by atoms with E-state index in [1.54, 1.807) is 0 Å². The normalized spacial score (nSPS) is 16.4. The smallest absolute Gasteiger partial charge is 0.132 e. The minimum absolute atomic E-state index is 0.865. The second-order valence-electron chi connectivity index (χ2n) is 4.59. The van der Waals surface area contributed by atoms with Crippen LogP contribution >= 0.6 is 15.9 Å². The quantitative estimate of drug-likeness (QED) is 0.779. The molecule has 1 aromatic rings. The van der Waals surface area contributed by atoms with Crippen LogP contribution in [0.5, 0.6) is 0 Å². The third-order valence-corrected chi connectivity index (χ3v) is 3.93. The summed E-state index contributed by atoms with van der Waals surface area (Å²) in [5, 5.41) is 0.865. The van der Waals surface area contributed by atoms with Gasteiger partial charge in [0.25, 0.3) is 0 Å². The monoisotopic (exact) mass is 297 g/mol. The van der Waals surface area contributed by atoms with Gasteiger partial charge in [0.1, 0.15) is 5.82 Å². The van der Waals surface area contributed by atoms with Crippen LogP contribution in [-0.4, -0.2) is 43.1 Å². The number of nitrogens with zero attached hydrogens (tertiary/aromatic N) is 3. The van der Waals surface area contributed by atoms with Gasteiger partial charge in [-0.2, -0.15) is 0 Å². The van der Waals surface area contributed by atoms with Crippen molar-refractivity contribution in [3.63, 3.8) is 0 Å². The van der Waals surface area contributed by atoms with E-state index in [0.717, 1.165) is 24.2 Å². The Morgan fingerprint density at radius 1 is 1.41 bits per heavy atom. The maximum atomic E-state index is 4.47. The number of likely N-dealkylation sites (tertiary alicyclic amines) is 1. The summed E-state index contributed by atoms with van der Waals surface area (Å²) >= 11 is 3.52. The molecule has 1 aliphatic rings. The molecule has 17 heavy (non-hydrogen) atoms. The fourth-order valence-corrected chi connectivity index (χ4v) is 2.72. The van der Waals surface area contributed by atoms with Crippen LogP contribution in [0.1, 0.15) is 18.4 Å². The fraction of sp³-hybridized carbons (Fsp3) is 0.615. The molecular weight excluding hydrogens is 278 g/mol. The lowest BCUT2D eigenvalue weighted by Gasteiger charge is -2.23. The average Bonchev–Trinajstić information content (AvgIpc) is 2.89. The molecule has 2 heterocycles. The van der Waals surface area contributed by atoms with Gasteiger partial charge < -0.3 is 9.80 Å². The third kappa shape index (κ3) is 3.42. The summed E-state index contributed by atoms with van der Waals surface area (Å²) in [4.78, 5) is 9.27. The summed E-state index contributed by atoms with van der Waals surface area (Å²) in [6, 6.07) is 4.12. The summed E-state index contributed by atoms with van der Waals surface area (Å²) in [5.41, 5.74) is 1.26. The van der Waals surface area contributed by atoms with Crippen molar-refractivity contribution >= 4 is 21.7 Å². The molecule has 1 aliphatic heterocycles. The largest absolute Gasteiger partial charge is 0.358 e. The Balaban J connectivity index is 1.91. The zero-order valence-corrected chi connectivity index (χ0v) is 12.0. The predicted molar refractivity (Wildman–Crippen MR) is 75.8 cm³/mol. The van der Waals surface area contributed by atoms with Crippen molar-refractivity contribution in [2.75, 3.05) is 38.1 Å². The van der Waals surface area contributed by atoms with Crippen LogP contribution < -0.4 is 4.90 Å². The summed E-state index contributed by atoms with van der Waals surface area (Å²) in [5.74, 6) is 1.10. The van der Waals surface area contributed by atoms with Crippen molar-refractivity contribution in [2.24, 2.45) is 0 Å². The molecule has 1 fully saturated rings. The summed E-state index contributed by atoms with van der Waals surface area (Å²) < 4.78 is 0. The van der Waals surface area contributed by atoms with E-state index in [4.69, 9.17) is 0 Å². The van der Waals surface area contributed by atoms with Crippen molar-refractivity contribution in [1.29, 1.82) is 0 Å². The minimum Gasteiger partial charge on any atom is -0.358 e. The van der Waals surface area contributed by atoms with E-state index in [1.165, 1.54) is 31.5 Å². The molecule has 0 bridgehead atoms. The Morgan fingerprint density at radius 2 is 2.18 bits per heavy atom. The topological polar surface area (TPSA) is 19.4 Å². The Labute approximate surface area is 112 Å². The Kier molecular flexibility index (Phi) is 4.80. The van der Waals surface area contributed by atoms with Crippen LogP contribution in [0.3, 0.4) is 0 Å². The number of likely N-dealkylation sites (N-methyl/N-ethyl adjacent to an activating group) is 1. The van der Waals surface area contributed by atoms with Crippen molar-refractivity contribution in [3.8, 4) is 0 Å². The van der Waals surface area contributed by atoms with Gasteiger partial charge in [0, 0.05) is 37.2 Å². The minimum atomic E-state index is 0.865. The number of anilines is 1. The zero-order chi connectivity index (χ0) is 12.1. The number of halogens is 1. The lowest BCUT2D eigenvalue weighted by molar-refractivity contribution is 0.346. The van der Waals surface area contributed by atoms with Gasteiger partial charge in [0.15, 0.2) is 0 Å². The van der Waals surface area contributed by atoms with Crippen molar-refractivity contribution in [2.45, 2.75) is 18.2 Å². The molecule has 0 aromatic carbocycles. The van der Waals surface area contributed by atoms with Gasteiger partial charge in [0.05, 0.1) is 0 Å². The van der Waals surface area contributed by atoms with Gasteiger partial charge >= 0.3 is 0 Å². The predicted octanol–water partition coefficient (Wildman–Crippen LogP) is 2.51. The standard InChI is InChI=1S/C13H20BrN3/c1-16(9-10-17-7-2-3-8-17)13-12(11-14)5-4-6-15-13/h4-6H,2-3,7-11H2,1H3. The highest BCUT2D eigenvalue weighted by molar-refractivity contribution is 9.08. The Morgan fingerprint density at radius 3 is 2.88 bits per heavy atom.